The zero-order valence-corrected chi connectivity index (χ0v) is 16.7. The van der Waals surface area contributed by atoms with Crippen molar-refractivity contribution < 1.29 is 13.7 Å². The SMILES string of the molecule is COc1ccc(-c2nc(C[S@](=O)Cc3ccccc3C)cs2)c(OC)c1. The number of methoxy groups -OCH3 is 2. The maximum atomic E-state index is 12.5. The van der Waals surface area contributed by atoms with Crippen LogP contribution in [0.1, 0.15) is 16.8 Å². The van der Waals surface area contributed by atoms with Gasteiger partial charge in [-0.05, 0) is 30.2 Å². The van der Waals surface area contributed by atoms with Gasteiger partial charge in [0, 0.05) is 28.0 Å². The third-order valence-corrected chi connectivity index (χ3v) is 6.25. The summed E-state index contributed by atoms with van der Waals surface area (Å²) < 4.78 is 23.2. The van der Waals surface area contributed by atoms with Crippen LogP contribution in [0.2, 0.25) is 0 Å². The number of ether oxygens (including phenoxy) is 2. The van der Waals surface area contributed by atoms with E-state index in [1.165, 1.54) is 16.9 Å². The maximum Gasteiger partial charge on any atom is 0.132 e. The Kier molecular flexibility index (Phi) is 6.06. The summed E-state index contributed by atoms with van der Waals surface area (Å²) in [6.07, 6.45) is 0. The van der Waals surface area contributed by atoms with E-state index in [4.69, 9.17) is 9.47 Å². The minimum absolute atomic E-state index is 0.448. The van der Waals surface area contributed by atoms with Crippen LogP contribution in [0.4, 0.5) is 0 Å². The second-order valence-electron chi connectivity index (χ2n) is 5.87. The summed E-state index contributed by atoms with van der Waals surface area (Å²) in [6.45, 7) is 2.05. The van der Waals surface area contributed by atoms with Gasteiger partial charge in [0.05, 0.1) is 31.2 Å². The largest absolute Gasteiger partial charge is 0.497 e. The molecule has 0 spiro atoms. The van der Waals surface area contributed by atoms with Gasteiger partial charge in [0.1, 0.15) is 16.5 Å². The molecule has 0 saturated heterocycles. The highest BCUT2D eigenvalue weighted by molar-refractivity contribution is 7.83. The number of aryl methyl sites for hydroxylation is 1. The first-order valence-corrected chi connectivity index (χ1v) is 10.5. The number of nitrogens with zero attached hydrogens (tertiary/aromatic N) is 1. The van der Waals surface area contributed by atoms with Gasteiger partial charge in [-0.1, -0.05) is 24.3 Å². The number of rotatable bonds is 7. The molecule has 2 aromatic carbocycles. The van der Waals surface area contributed by atoms with E-state index in [2.05, 4.69) is 4.98 Å². The lowest BCUT2D eigenvalue weighted by Gasteiger charge is -2.08. The minimum Gasteiger partial charge on any atom is -0.497 e. The number of thiazole rings is 1. The second-order valence-corrected chi connectivity index (χ2v) is 8.18. The fourth-order valence-electron chi connectivity index (χ4n) is 2.63. The highest BCUT2D eigenvalue weighted by atomic mass is 32.2. The van der Waals surface area contributed by atoms with E-state index in [1.54, 1.807) is 14.2 Å². The molecule has 0 amide bonds. The quantitative estimate of drug-likeness (QED) is 0.595. The van der Waals surface area contributed by atoms with Crippen LogP contribution >= 0.6 is 11.3 Å². The van der Waals surface area contributed by atoms with Crippen molar-refractivity contribution in [3.05, 3.63) is 64.7 Å². The third kappa shape index (κ3) is 4.31. The molecule has 0 aliphatic rings. The Morgan fingerprint density at radius 3 is 2.62 bits per heavy atom. The lowest BCUT2D eigenvalue weighted by Crippen LogP contribution is -2.01. The molecule has 6 heteroatoms. The topological polar surface area (TPSA) is 48.4 Å². The van der Waals surface area contributed by atoms with Crippen molar-refractivity contribution in [2.45, 2.75) is 18.4 Å². The highest BCUT2D eigenvalue weighted by Gasteiger charge is 2.13. The third-order valence-electron chi connectivity index (χ3n) is 4.08. The van der Waals surface area contributed by atoms with Crippen LogP contribution in [0.3, 0.4) is 0 Å². The summed E-state index contributed by atoms with van der Waals surface area (Å²) in [5.41, 5.74) is 4.05. The van der Waals surface area contributed by atoms with E-state index in [0.717, 1.165) is 27.6 Å². The van der Waals surface area contributed by atoms with Gasteiger partial charge in [-0.2, -0.15) is 0 Å². The van der Waals surface area contributed by atoms with Gasteiger partial charge in [0.25, 0.3) is 0 Å². The second kappa shape index (κ2) is 8.47. The van der Waals surface area contributed by atoms with E-state index in [9.17, 15) is 4.21 Å². The predicted molar refractivity (Wildman–Crippen MR) is 107 cm³/mol. The molecule has 0 bridgehead atoms. The zero-order valence-electron chi connectivity index (χ0n) is 15.0. The smallest absolute Gasteiger partial charge is 0.132 e. The number of aromatic nitrogens is 1. The lowest BCUT2D eigenvalue weighted by atomic mass is 10.1. The van der Waals surface area contributed by atoms with Gasteiger partial charge in [-0.25, -0.2) is 4.98 Å². The number of hydrogen-bond donors (Lipinski definition) is 0. The van der Waals surface area contributed by atoms with Crippen LogP contribution < -0.4 is 9.47 Å². The van der Waals surface area contributed by atoms with Gasteiger partial charge >= 0.3 is 0 Å². The molecule has 0 N–H and O–H groups in total. The first-order valence-electron chi connectivity index (χ1n) is 8.17. The van der Waals surface area contributed by atoms with Crippen molar-refractivity contribution in [3.8, 4) is 22.1 Å². The Morgan fingerprint density at radius 2 is 1.88 bits per heavy atom. The summed E-state index contributed by atoms with van der Waals surface area (Å²) in [4.78, 5) is 4.65. The molecule has 136 valence electrons. The summed E-state index contributed by atoms with van der Waals surface area (Å²) in [7, 11) is 2.26. The van der Waals surface area contributed by atoms with E-state index in [0.29, 0.717) is 17.3 Å². The van der Waals surface area contributed by atoms with Crippen molar-refractivity contribution in [3.63, 3.8) is 0 Å². The van der Waals surface area contributed by atoms with Crippen LogP contribution in [-0.4, -0.2) is 23.4 Å². The zero-order chi connectivity index (χ0) is 18.5. The maximum absolute atomic E-state index is 12.5. The molecule has 3 rings (SSSR count). The summed E-state index contributed by atoms with van der Waals surface area (Å²) in [5, 5.41) is 2.82. The van der Waals surface area contributed by atoms with E-state index < -0.39 is 10.8 Å². The van der Waals surface area contributed by atoms with Crippen LogP contribution in [0.25, 0.3) is 10.6 Å². The molecule has 1 atom stereocenters. The molecule has 1 heterocycles. The molecule has 26 heavy (non-hydrogen) atoms. The molecule has 4 nitrogen and oxygen atoms in total. The fraction of sp³-hybridized carbons (Fsp3) is 0.250. The summed E-state index contributed by atoms with van der Waals surface area (Å²) >= 11 is 1.53. The molecular weight excluding hydrogens is 366 g/mol. The van der Waals surface area contributed by atoms with Crippen LogP contribution in [0.15, 0.2) is 47.8 Å². The molecule has 0 aliphatic carbocycles. The molecular formula is C20H21NO3S2. The average molecular weight is 388 g/mol. The molecule has 1 aromatic heterocycles. The Bertz CT molecular complexity index is 921. The Hall–Kier alpha value is -2.18. The number of benzene rings is 2. The van der Waals surface area contributed by atoms with Crippen LogP contribution in [0.5, 0.6) is 11.5 Å². The standard InChI is InChI=1S/C20H21NO3S2/c1-14-6-4-5-7-15(14)12-26(22)13-16-11-25-20(21-16)18-9-8-17(23-2)10-19(18)24-3/h4-11H,12-13H2,1-3H3/t26-/m1/s1. The highest BCUT2D eigenvalue weighted by Crippen LogP contribution is 2.35. The predicted octanol–water partition coefficient (Wildman–Crippen LogP) is 4.58. The van der Waals surface area contributed by atoms with Crippen molar-refractivity contribution in [2.75, 3.05) is 14.2 Å². The minimum atomic E-state index is -0.995. The molecule has 3 aromatic rings. The molecule has 0 fully saturated rings. The van der Waals surface area contributed by atoms with E-state index >= 15 is 0 Å². The van der Waals surface area contributed by atoms with Crippen molar-refractivity contribution >= 4 is 22.1 Å². The van der Waals surface area contributed by atoms with Gasteiger partial charge in [0.2, 0.25) is 0 Å². The van der Waals surface area contributed by atoms with Crippen LogP contribution in [0, 0.1) is 6.92 Å². The van der Waals surface area contributed by atoms with Crippen molar-refractivity contribution in [1.82, 2.24) is 4.98 Å². The number of hydrogen-bond acceptors (Lipinski definition) is 5. The molecule has 0 unspecified atom stereocenters. The van der Waals surface area contributed by atoms with Crippen molar-refractivity contribution in [1.29, 1.82) is 0 Å². The summed E-state index contributed by atoms with van der Waals surface area (Å²) in [5.74, 6) is 2.45. The molecule has 0 radical (unpaired) electrons. The first kappa shape index (κ1) is 18.6. The van der Waals surface area contributed by atoms with Gasteiger partial charge < -0.3 is 9.47 Å². The molecule has 0 saturated carbocycles. The fourth-order valence-corrected chi connectivity index (χ4v) is 4.84. The normalized spacial score (nSPS) is 12.0. The first-order chi connectivity index (χ1) is 12.6. The van der Waals surface area contributed by atoms with E-state index in [1.807, 2.05) is 54.8 Å². The Balaban J connectivity index is 1.74. The summed E-state index contributed by atoms with van der Waals surface area (Å²) in [6, 6.07) is 13.7. The lowest BCUT2D eigenvalue weighted by molar-refractivity contribution is 0.395. The monoisotopic (exact) mass is 387 g/mol. The Labute approximate surface area is 160 Å². The molecule has 0 aliphatic heterocycles. The van der Waals surface area contributed by atoms with E-state index in [-0.39, 0.29) is 0 Å². The van der Waals surface area contributed by atoms with Crippen molar-refractivity contribution in [2.24, 2.45) is 0 Å². The Morgan fingerprint density at radius 1 is 1.08 bits per heavy atom. The van der Waals surface area contributed by atoms with Gasteiger partial charge in [0.15, 0.2) is 0 Å². The van der Waals surface area contributed by atoms with Gasteiger partial charge in [-0.15, -0.1) is 11.3 Å². The van der Waals surface area contributed by atoms with Crippen LogP contribution in [-0.2, 0) is 22.3 Å². The van der Waals surface area contributed by atoms with Gasteiger partial charge in [-0.3, -0.25) is 4.21 Å². The average Bonchev–Trinajstić information content (AvgIpc) is 3.11.